The molecule has 1 atom stereocenters. The summed E-state index contributed by atoms with van der Waals surface area (Å²) < 4.78 is 30.7. The van der Waals surface area contributed by atoms with Crippen LogP contribution in [0.2, 0.25) is 0 Å². The van der Waals surface area contributed by atoms with Crippen LogP contribution in [-0.2, 0) is 19.6 Å². The Bertz CT molecular complexity index is 897. The summed E-state index contributed by atoms with van der Waals surface area (Å²) in [6.07, 6.45) is 0. The largest absolute Gasteiger partial charge is 0.452 e. The highest BCUT2D eigenvalue weighted by Crippen LogP contribution is 2.13. The predicted octanol–water partition coefficient (Wildman–Crippen LogP) is 1.67. The van der Waals surface area contributed by atoms with Gasteiger partial charge in [0.25, 0.3) is 5.91 Å². The lowest BCUT2D eigenvalue weighted by Gasteiger charge is -2.13. The van der Waals surface area contributed by atoms with Crippen molar-refractivity contribution in [2.75, 3.05) is 20.2 Å². The number of amides is 1. The fourth-order valence-corrected chi connectivity index (χ4v) is 3.12. The summed E-state index contributed by atoms with van der Waals surface area (Å²) in [6.45, 7) is 1.95. The van der Waals surface area contributed by atoms with Gasteiger partial charge in [-0.1, -0.05) is 43.3 Å². The lowest BCUT2D eigenvalue weighted by Crippen LogP contribution is -2.31. The molecule has 0 saturated carbocycles. The predicted molar refractivity (Wildman–Crippen MR) is 101 cm³/mol. The number of carbonyl (C=O) groups excluding carboxylic acids is 2. The fraction of sp³-hybridized carbons (Fsp3) is 0.263. The van der Waals surface area contributed by atoms with E-state index < -0.39 is 28.5 Å². The van der Waals surface area contributed by atoms with E-state index in [0.717, 1.165) is 5.56 Å². The van der Waals surface area contributed by atoms with Gasteiger partial charge in [0, 0.05) is 6.54 Å². The average molecular weight is 390 g/mol. The van der Waals surface area contributed by atoms with Gasteiger partial charge in [-0.3, -0.25) is 4.79 Å². The van der Waals surface area contributed by atoms with E-state index in [1.54, 1.807) is 0 Å². The second-order valence-corrected chi connectivity index (χ2v) is 7.81. The zero-order valence-electron chi connectivity index (χ0n) is 15.1. The Hall–Kier alpha value is -2.71. The third kappa shape index (κ3) is 5.90. The third-order valence-corrected chi connectivity index (χ3v) is 5.37. The average Bonchev–Trinajstić information content (AvgIpc) is 2.70. The summed E-state index contributed by atoms with van der Waals surface area (Å²) in [4.78, 5) is 23.9. The molecule has 0 aliphatic carbocycles. The molecule has 144 valence electrons. The molecule has 2 aromatic rings. The number of rotatable bonds is 8. The van der Waals surface area contributed by atoms with Gasteiger partial charge in [0.15, 0.2) is 6.61 Å². The van der Waals surface area contributed by atoms with Crippen molar-refractivity contribution in [3.05, 3.63) is 65.7 Å². The van der Waals surface area contributed by atoms with E-state index in [1.165, 1.54) is 31.3 Å². The second-order valence-electron chi connectivity index (χ2n) is 5.93. The Morgan fingerprint density at radius 3 is 2.44 bits per heavy atom. The molecule has 1 amide bonds. The van der Waals surface area contributed by atoms with Crippen LogP contribution in [0.25, 0.3) is 0 Å². The number of esters is 1. The molecule has 27 heavy (non-hydrogen) atoms. The molecule has 0 radical (unpaired) electrons. The van der Waals surface area contributed by atoms with Gasteiger partial charge in [-0.15, -0.1) is 0 Å². The lowest BCUT2D eigenvalue weighted by atomic mass is 10.0. The summed E-state index contributed by atoms with van der Waals surface area (Å²) >= 11 is 0. The van der Waals surface area contributed by atoms with E-state index in [4.69, 9.17) is 4.74 Å². The van der Waals surface area contributed by atoms with Crippen LogP contribution >= 0.6 is 0 Å². The van der Waals surface area contributed by atoms with Crippen LogP contribution in [-0.4, -0.2) is 40.5 Å². The Labute approximate surface area is 158 Å². The van der Waals surface area contributed by atoms with E-state index in [0.29, 0.717) is 6.54 Å². The van der Waals surface area contributed by atoms with Gasteiger partial charge >= 0.3 is 5.97 Å². The molecule has 0 bridgehead atoms. The summed E-state index contributed by atoms with van der Waals surface area (Å²) in [5.41, 5.74) is 1.15. The smallest absolute Gasteiger partial charge is 0.338 e. The molecule has 0 fully saturated rings. The number of benzene rings is 2. The molecular formula is C19H22N2O5S. The molecule has 2 N–H and O–H groups in total. The van der Waals surface area contributed by atoms with Crippen molar-refractivity contribution in [2.24, 2.45) is 0 Å². The first kappa shape index (κ1) is 20.6. The molecule has 0 aliphatic heterocycles. The van der Waals surface area contributed by atoms with Crippen molar-refractivity contribution in [1.82, 2.24) is 10.0 Å². The van der Waals surface area contributed by atoms with Crippen LogP contribution in [0.3, 0.4) is 0 Å². The van der Waals surface area contributed by atoms with E-state index in [1.807, 2.05) is 37.3 Å². The molecular weight excluding hydrogens is 368 g/mol. The molecule has 0 spiro atoms. The van der Waals surface area contributed by atoms with Crippen molar-refractivity contribution in [3.63, 3.8) is 0 Å². The van der Waals surface area contributed by atoms with Gasteiger partial charge in [-0.05, 0) is 36.7 Å². The summed E-state index contributed by atoms with van der Waals surface area (Å²) in [7, 11) is -2.39. The van der Waals surface area contributed by atoms with Gasteiger partial charge in [0.1, 0.15) is 0 Å². The number of hydrogen-bond donors (Lipinski definition) is 2. The molecule has 8 heteroatoms. The minimum absolute atomic E-state index is 0.0526. The molecule has 2 aromatic carbocycles. The Morgan fingerprint density at radius 1 is 1.07 bits per heavy atom. The topological polar surface area (TPSA) is 102 Å². The monoisotopic (exact) mass is 390 g/mol. The van der Waals surface area contributed by atoms with Gasteiger partial charge in [0.2, 0.25) is 10.0 Å². The van der Waals surface area contributed by atoms with Crippen molar-refractivity contribution in [3.8, 4) is 0 Å². The Kier molecular flexibility index (Phi) is 7.09. The zero-order valence-corrected chi connectivity index (χ0v) is 16.0. The maximum absolute atomic E-state index is 12.1. The highest BCUT2D eigenvalue weighted by Gasteiger charge is 2.16. The summed E-state index contributed by atoms with van der Waals surface area (Å²) in [5, 5.41) is 2.71. The van der Waals surface area contributed by atoms with E-state index >= 15 is 0 Å². The number of ether oxygens (including phenoxy) is 1. The first-order chi connectivity index (χ1) is 12.8. The highest BCUT2D eigenvalue weighted by atomic mass is 32.2. The van der Waals surface area contributed by atoms with Gasteiger partial charge < -0.3 is 10.1 Å². The lowest BCUT2D eigenvalue weighted by molar-refractivity contribution is -0.124. The molecule has 7 nitrogen and oxygen atoms in total. The van der Waals surface area contributed by atoms with Crippen LogP contribution in [0, 0.1) is 0 Å². The molecule has 0 aliphatic rings. The molecule has 0 saturated heterocycles. The Morgan fingerprint density at radius 2 is 1.78 bits per heavy atom. The minimum atomic E-state index is -3.67. The minimum Gasteiger partial charge on any atom is -0.452 e. The summed E-state index contributed by atoms with van der Waals surface area (Å²) in [5.74, 6) is -1.08. The number of carbonyl (C=O) groups is 2. The standard InChI is InChI=1S/C19H22N2O5S/c1-14(15-7-4-3-5-8-15)12-21-18(22)13-26-19(23)16-9-6-10-17(11-16)27(24,25)20-2/h3-11,14,20H,12-13H2,1-2H3,(H,21,22)/t14-/m1/s1. The van der Waals surface area contributed by atoms with Gasteiger partial charge in [-0.2, -0.15) is 0 Å². The summed E-state index contributed by atoms with van der Waals surface area (Å²) in [6, 6.07) is 15.1. The van der Waals surface area contributed by atoms with Crippen molar-refractivity contribution < 1.29 is 22.7 Å². The molecule has 0 aromatic heterocycles. The van der Waals surface area contributed by atoms with Crippen molar-refractivity contribution >= 4 is 21.9 Å². The zero-order chi connectivity index (χ0) is 19.9. The van der Waals surface area contributed by atoms with Crippen molar-refractivity contribution in [1.29, 1.82) is 0 Å². The van der Waals surface area contributed by atoms with Crippen LogP contribution < -0.4 is 10.0 Å². The van der Waals surface area contributed by atoms with Crippen molar-refractivity contribution in [2.45, 2.75) is 17.7 Å². The number of sulfonamides is 1. The number of hydrogen-bond acceptors (Lipinski definition) is 5. The van der Waals surface area contributed by atoms with E-state index in [2.05, 4.69) is 10.0 Å². The fourth-order valence-electron chi connectivity index (χ4n) is 2.34. The SMILES string of the molecule is CNS(=O)(=O)c1cccc(C(=O)OCC(=O)NC[C@@H](C)c2ccccc2)c1. The highest BCUT2D eigenvalue weighted by molar-refractivity contribution is 7.89. The first-order valence-corrected chi connectivity index (χ1v) is 9.84. The van der Waals surface area contributed by atoms with Gasteiger partial charge in [0.05, 0.1) is 10.5 Å². The van der Waals surface area contributed by atoms with Crippen LogP contribution in [0.1, 0.15) is 28.8 Å². The molecule has 0 heterocycles. The molecule has 0 unspecified atom stereocenters. The molecule has 2 rings (SSSR count). The van der Waals surface area contributed by atoms with Crippen LogP contribution in [0.15, 0.2) is 59.5 Å². The normalized spacial score (nSPS) is 12.2. The van der Waals surface area contributed by atoms with Crippen LogP contribution in [0.5, 0.6) is 0 Å². The quantitative estimate of drug-likeness (QED) is 0.668. The van der Waals surface area contributed by atoms with Crippen LogP contribution in [0.4, 0.5) is 0 Å². The number of nitrogens with one attached hydrogen (secondary N) is 2. The second kappa shape index (κ2) is 9.29. The third-order valence-electron chi connectivity index (χ3n) is 3.96. The van der Waals surface area contributed by atoms with E-state index in [9.17, 15) is 18.0 Å². The van der Waals surface area contributed by atoms with Gasteiger partial charge in [-0.25, -0.2) is 17.9 Å². The maximum atomic E-state index is 12.1. The van der Waals surface area contributed by atoms with E-state index in [-0.39, 0.29) is 16.4 Å². The Balaban J connectivity index is 1.86. The maximum Gasteiger partial charge on any atom is 0.338 e. The first-order valence-electron chi connectivity index (χ1n) is 8.36.